The fourth-order valence-corrected chi connectivity index (χ4v) is 5.19. The number of carbonyl (C=O) groups excluding carboxylic acids is 1. The minimum atomic E-state index is -3.95. The van der Waals surface area contributed by atoms with E-state index in [1.807, 2.05) is 0 Å². The SMILES string of the molecule is O=C(Nc1c2c(cc3c1CC3)CCC2)NS(=O)(=O)N1CCn2cnnc2C1. The number of urea groups is 1. The van der Waals surface area contributed by atoms with Gasteiger partial charge in [-0.1, -0.05) is 6.07 Å². The molecule has 0 bridgehead atoms. The van der Waals surface area contributed by atoms with Gasteiger partial charge in [0.1, 0.15) is 12.2 Å². The summed E-state index contributed by atoms with van der Waals surface area (Å²) in [5.41, 5.74) is 5.67. The van der Waals surface area contributed by atoms with Crippen LogP contribution in [0.5, 0.6) is 0 Å². The van der Waals surface area contributed by atoms with E-state index in [9.17, 15) is 13.2 Å². The van der Waals surface area contributed by atoms with Crippen LogP contribution < -0.4 is 10.0 Å². The maximum atomic E-state index is 12.6. The van der Waals surface area contributed by atoms with Crippen LogP contribution in [0.3, 0.4) is 0 Å². The van der Waals surface area contributed by atoms with Gasteiger partial charge in [-0.25, -0.2) is 9.52 Å². The molecule has 0 unspecified atom stereocenters. The zero-order valence-corrected chi connectivity index (χ0v) is 15.5. The molecule has 1 aromatic heterocycles. The summed E-state index contributed by atoms with van der Waals surface area (Å²) >= 11 is 0. The van der Waals surface area contributed by atoms with E-state index in [-0.39, 0.29) is 13.1 Å². The van der Waals surface area contributed by atoms with Crippen LogP contribution in [0.25, 0.3) is 0 Å². The highest BCUT2D eigenvalue weighted by Gasteiger charge is 2.31. The number of nitrogens with one attached hydrogen (secondary N) is 2. The number of amides is 2. The molecule has 2 amide bonds. The number of nitrogens with zero attached hydrogens (tertiary/aromatic N) is 4. The lowest BCUT2D eigenvalue weighted by Crippen LogP contribution is -2.48. The molecule has 1 aliphatic heterocycles. The van der Waals surface area contributed by atoms with Crippen LogP contribution in [-0.4, -0.2) is 40.1 Å². The van der Waals surface area contributed by atoms with Crippen molar-refractivity contribution in [3.05, 3.63) is 40.5 Å². The van der Waals surface area contributed by atoms with E-state index in [0.717, 1.165) is 48.9 Å². The lowest BCUT2D eigenvalue weighted by atomic mass is 9.83. The molecular weight excluding hydrogens is 368 g/mol. The van der Waals surface area contributed by atoms with Crippen LogP contribution in [0.1, 0.15) is 34.5 Å². The number of fused-ring (bicyclic) bond motifs is 3. The van der Waals surface area contributed by atoms with E-state index in [4.69, 9.17) is 0 Å². The van der Waals surface area contributed by atoms with Gasteiger partial charge in [-0.2, -0.15) is 12.7 Å². The number of rotatable bonds is 3. The highest BCUT2D eigenvalue weighted by molar-refractivity contribution is 7.87. The molecule has 0 saturated carbocycles. The lowest BCUT2D eigenvalue weighted by molar-refractivity contribution is 0.255. The Hall–Kier alpha value is -2.46. The highest BCUT2D eigenvalue weighted by Crippen LogP contribution is 2.39. The average molecular weight is 388 g/mol. The molecular formula is C17H20N6O3S. The number of benzene rings is 1. The van der Waals surface area contributed by atoms with E-state index in [0.29, 0.717) is 12.4 Å². The van der Waals surface area contributed by atoms with Crippen LogP contribution in [0.2, 0.25) is 0 Å². The predicted molar refractivity (Wildman–Crippen MR) is 97.4 cm³/mol. The monoisotopic (exact) mass is 388 g/mol. The molecule has 142 valence electrons. The Morgan fingerprint density at radius 2 is 1.89 bits per heavy atom. The zero-order valence-electron chi connectivity index (χ0n) is 14.7. The Labute approximate surface area is 156 Å². The van der Waals surface area contributed by atoms with Gasteiger partial charge in [0.25, 0.3) is 0 Å². The lowest BCUT2D eigenvalue weighted by Gasteiger charge is -2.28. The largest absolute Gasteiger partial charge is 0.333 e. The van der Waals surface area contributed by atoms with Gasteiger partial charge in [-0.15, -0.1) is 10.2 Å². The molecule has 5 rings (SSSR count). The molecule has 0 spiro atoms. The molecule has 0 radical (unpaired) electrons. The second-order valence-electron chi connectivity index (χ2n) is 7.22. The number of carbonyl (C=O) groups is 1. The van der Waals surface area contributed by atoms with E-state index in [1.54, 1.807) is 10.9 Å². The quantitative estimate of drug-likeness (QED) is 0.806. The molecule has 2 aliphatic carbocycles. The maximum Gasteiger partial charge on any atom is 0.333 e. The van der Waals surface area contributed by atoms with Crippen molar-refractivity contribution in [2.75, 3.05) is 11.9 Å². The molecule has 10 heteroatoms. The second kappa shape index (κ2) is 6.03. The van der Waals surface area contributed by atoms with Crippen LogP contribution in [0.15, 0.2) is 12.4 Å². The maximum absolute atomic E-state index is 12.6. The Balaban J connectivity index is 1.33. The van der Waals surface area contributed by atoms with Gasteiger partial charge in [-0.3, -0.25) is 0 Å². The zero-order chi connectivity index (χ0) is 18.6. The molecule has 27 heavy (non-hydrogen) atoms. The van der Waals surface area contributed by atoms with Crippen LogP contribution >= 0.6 is 0 Å². The summed E-state index contributed by atoms with van der Waals surface area (Å²) in [5, 5.41) is 10.5. The summed E-state index contributed by atoms with van der Waals surface area (Å²) in [6.45, 7) is 0.826. The first-order chi connectivity index (χ1) is 13.0. The van der Waals surface area contributed by atoms with Crippen molar-refractivity contribution >= 4 is 21.9 Å². The van der Waals surface area contributed by atoms with Crippen molar-refractivity contribution < 1.29 is 13.2 Å². The normalized spacial score (nSPS) is 18.2. The van der Waals surface area contributed by atoms with Crippen molar-refractivity contribution in [3.8, 4) is 0 Å². The van der Waals surface area contributed by atoms with Gasteiger partial charge in [0.15, 0.2) is 0 Å². The first-order valence-corrected chi connectivity index (χ1v) is 10.6. The van der Waals surface area contributed by atoms with Gasteiger partial charge in [0.05, 0.1) is 6.54 Å². The van der Waals surface area contributed by atoms with Crippen molar-refractivity contribution in [2.45, 2.75) is 45.2 Å². The van der Waals surface area contributed by atoms with Crippen LogP contribution in [-0.2, 0) is 49.0 Å². The molecule has 0 fully saturated rings. The van der Waals surface area contributed by atoms with E-state index in [1.165, 1.54) is 15.4 Å². The number of hydrogen-bond acceptors (Lipinski definition) is 5. The molecule has 1 aromatic carbocycles. The van der Waals surface area contributed by atoms with Gasteiger partial charge >= 0.3 is 16.2 Å². The van der Waals surface area contributed by atoms with Gasteiger partial charge < -0.3 is 9.88 Å². The summed E-state index contributed by atoms with van der Waals surface area (Å²) < 4.78 is 30.4. The minimum Gasteiger partial charge on any atom is -0.315 e. The average Bonchev–Trinajstić information content (AvgIpc) is 3.25. The van der Waals surface area contributed by atoms with E-state index in [2.05, 4.69) is 26.3 Å². The van der Waals surface area contributed by atoms with Gasteiger partial charge in [0.2, 0.25) is 0 Å². The Bertz CT molecular complexity index is 1050. The van der Waals surface area contributed by atoms with Crippen molar-refractivity contribution in [3.63, 3.8) is 0 Å². The van der Waals surface area contributed by atoms with Crippen molar-refractivity contribution in [2.24, 2.45) is 0 Å². The third-order valence-electron chi connectivity index (χ3n) is 5.65. The molecule has 3 aliphatic rings. The number of anilines is 1. The highest BCUT2D eigenvalue weighted by atomic mass is 32.2. The molecule has 2 aromatic rings. The number of hydrogen-bond donors (Lipinski definition) is 2. The Morgan fingerprint density at radius 1 is 1.07 bits per heavy atom. The minimum absolute atomic E-state index is 0.0960. The van der Waals surface area contributed by atoms with Crippen LogP contribution in [0.4, 0.5) is 10.5 Å². The van der Waals surface area contributed by atoms with Crippen LogP contribution in [0, 0.1) is 0 Å². The molecule has 9 nitrogen and oxygen atoms in total. The fourth-order valence-electron chi connectivity index (χ4n) is 4.16. The summed E-state index contributed by atoms with van der Waals surface area (Å²) in [5.74, 6) is 0.564. The fraction of sp³-hybridized carbons (Fsp3) is 0.471. The summed E-state index contributed by atoms with van der Waals surface area (Å²) in [6.07, 6.45) is 6.53. The molecule has 2 heterocycles. The van der Waals surface area contributed by atoms with Gasteiger partial charge in [0, 0.05) is 18.8 Å². The summed E-state index contributed by atoms with van der Waals surface area (Å²) in [7, 11) is -3.95. The predicted octanol–water partition coefficient (Wildman–Crippen LogP) is 0.747. The summed E-state index contributed by atoms with van der Waals surface area (Å²) in [6, 6.07) is 1.53. The molecule has 2 N–H and O–H groups in total. The molecule has 0 saturated heterocycles. The van der Waals surface area contributed by atoms with Crippen molar-refractivity contribution in [1.29, 1.82) is 0 Å². The number of aryl methyl sites for hydroxylation is 2. The Morgan fingerprint density at radius 3 is 2.70 bits per heavy atom. The Kier molecular flexibility index (Phi) is 3.73. The third kappa shape index (κ3) is 2.79. The van der Waals surface area contributed by atoms with Crippen molar-refractivity contribution in [1.82, 2.24) is 23.8 Å². The summed E-state index contributed by atoms with van der Waals surface area (Å²) in [4.78, 5) is 12.5. The van der Waals surface area contributed by atoms with E-state index >= 15 is 0 Å². The number of aromatic nitrogens is 3. The first kappa shape index (κ1) is 16.7. The topological polar surface area (TPSA) is 109 Å². The smallest absolute Gasteiger partial charge is 0.315 e. The third-order valence-corrected chi connectivity index (χ3v) is 7.08. The first-order valence-electron chi connectivity index (χ1n) is 9.13. The second-order valence-corrected chi connectivity index (χ2v) is 8.89. The van der Waals surface area contributed by atoms with E-state index < -0.39 is 16.2 Å². The van der Waals surface area contributed by atoms with Gasteiger partial charge in [-0.05, 0) is 54.4 Å². The molecule has 0 atom stereocenters. The standard InChI is InChI=1S/C17H20N6O3S/c24-17(19-16-13-3-1-2-11(13)8-12-4-5-14(12)16)21-27(25,26)23-7-6-22-10-18-20-15(22)9-23/h8,10H,1-7,9H2,(H2,19,21,24).